The number of rotatable bonds is 22. The van der Waals surface area contributed by atoms with Gasteiger partial charge < -0.3 is 14.6 Å². The maximum atomic E-state index is 9.45. The third-order valence-corrected chi connectivity index (χ3v) is 4.88. The van der Waals surface area contributed by atoms with Gasteiger partial charge in [0.2, 0.25) is 0 Å². The largest absolute Gasteiger partial charge is 0.388 e. The van der Waals surface area contributed by atoms with Crippen molar-refractivity contribution in [1.82, 2.24) is 0 Å². The van der Waals surface area contributed by atoms with E-state index in [2.05, 4.69) is 31.2 Å². The molecule has 166 valence electrons. The summed E-state index contributed by atoms with van der Waals surface area (Å²) in [6.45, 7) is 3.75. The van der Waals surface area contributed by atoms with Gasteiger partial charge in [-0.15, -0.1) is 0 Å². The molecule has 0 aliphatic carbocycles. The summed E-state index contributed by atoms with van der Waals surface area (Å²) in [4.78, 5) is 0. The van der Waals surface area contributed by atoms with Crippen molar-refractivity contribution in [3.63, 3.8) is 0 Å². The van der Waals surface area contributed by atoms with Gasteiger partial charge in [0.05, 0.1) is 13.2 Å². The van der Waals surface area contributed by atoms with E-state index < -0.39 is 6.10 Å². The van der Waals surface area contributed by atoms with Crippen LogP contribution in [0.3, 0.4) is 0 Å². The fraction of sp³-hybridized carbons (Fsp3) is 0.840. The summed E-state index contributed by atoms with van der Waals surface area (Å²) >= 11 is 0. The van der Waals surface area contributed by atoms with E-state index in [4.69, 9.17) is 9.47 Å². The molecule has 3 nitrogen and oxygen atoms in total. The maximum absolute atomic E-state index is 9.45. The first-order chi connectivity index (χ1) is 13.8. The van der Waals surface area contributed by atoms with Crippen LogP contribution in [0.2, 0.25) is 0 Å². The van der Waals surface area contributed by atoms with E-state index in [1.807, 2.05) is 0 Å². The number of ether oxygens (including phenoxy) is 2. The van der Waals surface area contributed by atoms with Crippen LogP contribution < -0.4 is 0 Å². The van der Waals surface area contributed by atoms with Crippen LogP contribution in [0.1, 0.15) is 103 Å². The van der Waals surface area contributed by atoms with E-state index in [0.29, 0.717) is 13.2 Å². The average molecular weight is 397 g/mol. The van der Waals surface area contributed by atoms with Crippen LogP contribution in [0, 0.1) is 0 Å². The quantitative estimate of drug-likeness (QED) is 0.158. The second-order valence-electron chi connectivity index (χ2n) is 7.82. The number of hydrogen-bond donors (Lipinski definition) is 1. The van der Waals surface area contributed by atoms with Gasteiger partial charge in [-0.25, -0.2) is 0 Å². The minimum Gasteiger partial charge on any atom is -0.388 e. The molecular formula is C25H48O3. The molecule has 0 fully saturated rings. The SMILES string of the molecule is CCCCC/C=C\CCCC/C=C\CCCCCCCCOC[C@@H](O)COC. The number of aliphatic hydroxyl groups excluding tert-OH is 1. The minimum absolute atomic E-state index is 0.352. The highest BCUT2D eigenvalue weighted by Gasteiger charge is 2.02. The first-order valence-corrected chi connectivity index (χ1v) is 11.9. The molecule has 0 rings (SSSR count). The van der Waals surface area contributed by atoms with Crippen molar-refractivity contribution in [2.45, 2.75) is 109 Å². The van der Waals surface area contributed by atoms with Crippen LogP contribution in [-0.4, -0.2) is 38.1 Å². The van der Waals surface area contributed by atoms with Crippen molar-refractivity contribution >= 4 is 0 Å². The third-order valence-electron chi connectivity index (χ3n) is 4.88. The van der Waals surface area contributed by atoms with E-state index in [9.17, 15) is 5.11 Å². The van der Waals surface area contributed by atoms with Gasteiger partial charge in [0, 0.05) is 13.7 Å². The average Bonchev–Trinajstić information content (AvgIpc) is 2.69. The predicted molar refractivity (Wildman–Crippen MR) is 122 cm³/mol. The molecule has 1 atom stereocenters. The number of allylic oxidation sites excluding steroid dienone is 4. The van der Waals surface area contributed by atoms with Gasteiger partial charge in [0.25, 0.3) is 0 Å². The Labute approximate surface area is 175 Å². The molecule has 0 saturated heterocycles. The van der Waals surface area contributed by atoms with E-state index in [1.54, 1.807) is 7.11 Å². The van der Waals surface area contributed by atoms with Crippen molar-refractivity contribution in [2.24, 2.45) is 0 Å². The Morgan fingerprint density at radius 3 is 1.64 bits per heavy atom. The van der Waals surface area contributed by atoms with Gasteiger partial charge in [0.15, 0.2) is 0 Å². The molecule has 0 unspecified atom stereocenters. The fourth-order valence-corrected chi connectivity index (χ4v) is 3.14. The Kier molecular flexibility index (Phi) is 23.8. The highest BCUT2D eigenvalue weighted by molar-refractivity contribution is 4.84. The Hall–Kier alpha value is -0.640. The Morgan fingerprint density at radius 2 is 1.11 bits per heavy atom. The smallest absolute Gasteiger partial charge is 0.101 e. The van der Waals surface area contributed by atoms with Crippen molar-refractivity contribution in [3.8, 4) is 0 Å². The zero-order chi connectivity index (χ0) is 20.5. The molecule has 28 heavy (non-hydrogen) atoms. The zero-order valence-electron chi connectivity index (χ0n) is 18.9. The summed E-state index contributed by atoms with van der Waals surface area (Å²) in [5, 5.41) is 9.45. The number of hydrogen-bond acceptors (Lipinski definition) is 3. The lowest BCUT2D eigenvalue weighted by Crippen LogP contribution is -2.21. The molecule has 0 aliphatic heterocycles. The molecule has 0 aromatic heterocycles. The van der Waals surface area contributed by atoms with Gasteiger partial charge in [-0.3, -0.25) is 0 Å². The lowest BCUT2D eigenvalue weighted by atomic mass is 10.1. The van der Waals surface area contributed by atoms with Crippen molar-refractivity contribution in [2.75, 3.05) is 26.9 Å². The number of methoxy groups -OCH3 is 1. The minimum atomic E-state index is -0.491. The van der Waals surface area contributed by atoms with Gasteiger partial charge >= 0.3 is 0 Å². The van der Waals surface area contributed by atoms with Gasteiger partial charge in [-0.2, -0.15) is 0 Å². The summed E-state index contributed by atoms with van der Waals surface area (Å²) in [6, 6.07) is 0. The van der Waals surface area contributed by atoms with E-state index in [-0.39, 0.29) is 0 Å². The molecular weight excluding hydrogens is 348 g/mol. The molecule has 0 spiro atoms. The summed E-state index contributed by atoms with van der Waals surface area (Å²) in [6.07, 6.45) is 28.2. The molecule has 0 aromatic carbocycles. The Morgan fingerprint density at radius 1 is 0.643 bits per heavy atom. The van der Waals surface area contributed by atoms with Crippen LogP contribution in [0.4, 0.5) is 0 Å². The summed E-state index contributed by atoms with van der Waals surface area (Å²) in [5.74, 6) is 0. The topological polar surface area (TPSA) is 38.7 Å². The lowest BCUT2D eigenvalue weighted by molar-refractivity contribution is -0.00684. The third kappa shape index (κ3) is 23.4. The molecule has 1 N–H and O–H groups in total. The van der Waals surface area contributed by atoms with Gasteiger partial charge in [0.1, 0.15) is 6.10 Å². The number of unbranched alkanes of at least 4 members (excludes halogenated alkanes) is 12. The van der Waals surface area contributed by atoms with Crippen molar-refractivity contribution in [3.05, 3.63) is 24.3 Å². The zero-order valence-corrected chi connectivity index (χ0v) is 18.9. The first kappa shape index (κ1) is 27.4. The summed E-state index contributed by atoms with van der Waals surface area (Å²) in [7, 11) is 1.59. The maximum Gasteiger partial charge on any atom is 0.101 e. The second kappa shape index (κ2) is 24.4. The molecule has 0 saturated carbocycles. The predicted octanol–water partition coefficient (Wildman–Crippen LogP) is 6.99. The highest BCUT2D eigenvalue weighted by Crippen LogP contribution is 2.09. The normalized spacial score (nSPS) is 13.1. The van der Waals surface area contributed by atoms with Gasteiger partial charge in [-0.05, 0) is 57.8 Å². The van der Waals surface area contributed by atoms with Gasteiger partial charge in [-0.1, -0.05) is 69.8 Å². The van der Waals surface area contributed by atoms with Crippen LogP contribution in [0.15, 0.2) is 24.3 Å². The molecule has 0 aromatic rings. The van der Waals surface area contributed by atoms with Crippen LogP contribution >= 0.6 is 0 Å². The Bertz CT molecular complexity index is 339. The summed E-state index contributed by atoms with van der Waals surface area (Å²) < 4.78 is 10.3. The number of aliphatic hydroxyl groups is 1. The monoisotopic (exact) mass is 396 g/mol. The molecule has 0 radical (unpaired) electrons. The van der Waals surface area contributed by atoms with Crippen molar-refractivity contribution < 1.29 is 14.6 Å². The van der Waals surface area contributed by atoms with Crippen LogP contribution in [0.25, 0.3) is 0 Å². The van der Waals surface area contributed by atoms with Crippen molar-refractivity contribution in [1.29, 1.82) is 0 Å². The molecule has 0 heterocycles. The molecule has 0 aliphatic rings. The van der Waals surface area contributed by atoms with Crippen LogP contribution in [-0.2, 0) is 9.47 Å². The van der Waals surface area contributed by atoms with E-state index in [1.165, 1.54) is 89.9 Å². The first-order valence-electron chi connectivity index (χ1n) is 11.9. The lowest BCUT2D eigenvalue weighted by Gasteiger charge is -2.09. The molecule has 3 heteroatoms. The summed E-state index contributed by atoms with van der Waals surface area (Å²) in [5.41, 5.74) is 0. The van der Waals surface area contributed by atoms with E-state index >= 15 is 0 Å². The van der Waals surface area contributed by atoms with Crippen LogP contribution in [0.5, 0.6) is 0 Å². The standard InChI is InChI=1S/C25H48O3/c1-3-4-5-6-7-8-9-10-11-12-13-14-15-16-17-18-19-20-21-22-28-24-25(26)23-27-2/h7-8,13-14,25-26H,3-6,9-12,15-24H2,1-2H3/b8-7-,14-13-/t25-/m0/s1. The highest BCUT2D eigenvalue weighted by atomic mass is 16.5. The Balaban J connectivity index is 3.16. The fourth-order valence-electron chi connectivity index (χ4n) is 3.14. The second-order valence-corrected chi connectivity index (χ2v) is 7.82. The van der Waals surface area contributed by atoms with E-state index in [0.717, 1.165) is 13.0 Å². The molecule has 0 bridgehead atoms. The molecule has 0 amide bonds.